The van der Waals surface area contributed by atoms with Gasteiger partial charge in [0.25, 0.3) is 0 Å². The Labute approximate surface area is 119 Å². The molecule has 0 bridgehead atoms. The number of esters is 1. The number of carbonyl (C=O) groups excluding carboxylic acids is 1. The molecular weight excluding hydrogens is 285 g/mol. The second kappa shape index (κ2) is 5.78. The highest BCUT2D eigenvalue weighted by Gasteiger charge is 2.44. The van der Waals surface area contributed by atoms with Crippen LogP contribution in [-0.4, -0.2) is 34.9 Å². The van der Waals surface area contributed by atoms with Crippen molar-refractivity contribution in [3.05, 3.63) is 23.6 Å². The summed E-state index contributed by atoms with van der Waals surface area (Å²) in [6.45, 7) is 0. The molecule has 1 fully saturated rings. The third-order valence-corrected chi connectivity index (χ3v) is 4.62. The maximum atomic E-state index is 13.0. The molecule has 0 atom stereocenters. The molecule has 1 heterocycles. The van der Waals surface area contributed by atoms with Crippen molar-refractivity contribution in [1.29, 1.82) is 0 Å². The Bertz CT molecular complexity index is 545. The standard InChI is InChI=1S/C13H14FNO4S/c1-19-10(16)5-13(2-3-13)7-20-11-9(12(17)18)4-8(14)6-15-11/h4,6H,2-3,5,7H2,1H3,(H,17,18). The lowest BCUT2D eigenvalue weighted by molar-refractivity contribution is -0.141. The fourth-order valence-electron chi connectivity index (χ4n) is 1.84. The van der Waals surface area contributed by atoms with Gasteiger partial charge in [0.05, 0.1) is 25.3 Å². The number of aromatic carboxylic acids is 1. The van der Waals surface area contributed by atoms with Gasteiger partial charge >= 0.3 is 11.9 Å². The first-order valence-corrected chi connectivity index (χ1v) is 7.03. The zero-order chi connectivity index (χ0) is 14.8. The highest BCUT2D eigenvalue weighted by Crippen LogP contribution is 2.52. The number of methoxy groups -OCH3 is 1. The maximum absolute atomic E-state index is 13.0. The van der Waals surface area contributed by atoms with Crippen LogP contribution in [0.25, 0.3) is 0 Å². The van der Waals surface area contributed by atoms with E-state index < -0.39 is 11.8 Å². The first kappa shape index (κ1) is 14.8. The molecule has 7 heteroatoms. The van der Waals surface area contributed by atoms with E-state index in [9.17, 15) is 14.0 Å². The van der Waals surface area contributed by atoms with Gasteiger partial charge in [-0.3, -0.25) is 4.79 Å². The van der Waals surface area contributed by atoms with Crippen molar-refractivity contribution >= 4 is 23.7 Å². The molecule has 0 radical (unpaired) electrons. The van der Waals surface area contributed by atoms with Crippen LogP contribution in [0.2, 0.25) is 0 Å². The number of nitrogens with zero attached hydrogens (tertiary/aromatic N) is 1. The predicted octanol–water partition coefficient (Wildman–Crippen LogP) is 2.35. The summed E-state index contributed by atoms with van der Waals surface area (Å²) >= 11 is 1.24. The van der Waals surface area contributed by atoms with Crippen LogP contribution < -0.4 is 0 Å². The lowest BCUT2D eigenvalue weighted by Gasteiger charge is -2.13. The summed E-state index contributed by atoms with van der Waals surface area (Å²) in [6, 6.07) is 0.956. The number of carbonyl (C=O) groups is 2. The maximum Gasteiger partial charge on any atom is 0.338 e. The summed E-state index contributed by atoms with van der Waals surface area (Å²) in [5.41, 5.74) is -0.285. The largest absolute Gasteiger partial charge is 0.478 e. The molecule has 0 aromatic carbocycles. The fraction of sp³-hybridized carbons (Fsp3) is 0.462. The van der Waals surface area contributed by atoms with E-state index in [4.69, 9.17) is 5.11 Å². The normalized spacial score (nSPS) is 15.7. The average molecular weight is 299 g/mol. The van der Waals surface area contributed by atoms with Crippen molar-refractivity contribution in [1.82, 2.24) is 4.98 Å². The molecule has 2 rings (SSSR count). The molecule has 1 aliphatic rings. The molecule has 0 saturated heterocycles. The molecule has 108 valence electrons. The summed E-state index contributed by atoms with van der Waals surface area (Å²) in [7, 11) is 1.34. The number of pyridine rings is 1. The van der Waals surface area contributed by atoms with E-state index in [-0.39, 0.29) is 22.0 Å². The summed E-state index contributed by atoms with van der Waals surface area (Å²) in [5, 5.41) is 9.30. The van der Waals surface area contributed by atoms with E-state index in [1.165, 1.54) is 18.9 Å². The zero-order valence-electron chi connectivity index (χ0n) is 10.9. The van der Waals surface area contributed by atoms with E-state index in [1.807, 2.05) is 0 Å². The van der Waals surface area contributed by atoms with Crippen molar-refractivity contribution in [2.75, 3.05) is 12.9 Å². The van der Waals surface area contributed by atoms with Gasteiger partial charge in [0.2, 0.25) is 0 Å². The molecule has 1 aromatic heterocycles. The number of ether oxygens (including phenoxy) is 1. The number of hydrogen-bond acceptors (Lipinski definition) is 5. The zero-order valence-corrected chi connectivity index (χ0v) is 11.7. The molecule has 1 aromatic rings. The van der Waals surface area contributed by atoms with Gasteiger partial charge in [-0.1, -0.05) is 0 Å². The summed E-state index contributed by atoms with van der Waals surface area (Å²) in [4.78, 5) is 26.2. The number of aromatic nitrogens is 1. The SMILES string of the molecule is COC(=O)CC1(CSc2ncc(F)cc2C(=O)O)CC1. The molecule has 0 aliphatic heterocycles. The van der Waals surface area contributed by atoms with E-state index in [1.54, 1.807) is 0 Å². The second-order valence-corrected chi connectivity index (χ2v) is 5.82. The first-order chi connectivity index (χ1) is 9.46. The molecule has 0 amide bonds. The van der Waals surface area contributed by atoms with Gasteiger partial charge in [-0.25, -0.2) is 14.2 Å². The first-order valence-electron chi connectivity index (χ1n) is 6.04. The van der Waals surface area contributed by atoms with Crippen molar-refractivity contribution in [3.8, 4) is 0 Å². The Morgan fingerprint density at radius 1 is 1.55 bits per heavy atom. The number of hydrogen-bond donors (Lipinski definition) is 1. The van der Waals surface area contributed by atoms with E-state index in [2.05, 4.69) is 9.72 Å². The van der Waals surface area contributed by atoms with Crippen LogP contribution in [0.3, 0.4) is 0 Å². The van der Waals surface area contributed by atoms with Crippen LogP contribution in [0.15, 0.2) is 17.3 Å². The minimum Gasteiger partial charge on any atom is -0.478 e. The van der Waals surface area contributed by atoms with Crippen molar-refractivity contribution in [3.63, 3.8) is 0 Å². The van der Waals surface area contributed by atoms with Crippen LogP contribution in [-0.2, 0) is 9.53 Å². The number of rotatable bonds is 6. The van der Waals surface area contributed by atoms with Crippen LogP contribution in [0.5, 0.6) is 0 Å². The minimum atomic E-state index is -1.21. The third-order valence-electron chi connectivity index (χ3n) is 3.27. The Morgan fingerprint density at radius 2 is 2.25 bits per heavy atom. The van der Waals surface area contributed by atoms with Gasteiger partial charge in [0, 0.05) is 5.75 Å². The minimum absolute atomic E-state index is 0.135. The number of halogens is 1. The van der Waals surface area contributed by atoms with Gasteiger partial charge in [0.15, 0.2) is 0 Å². The van der Waals surface area contributed by atoms with Gasteiger partial charge in [0.1, 0.15) is 10.8 Å². The van der Waals surface area contributed by atoms with Crippen LogP contribution in [0.1, 0.15) is 29.6 Å². The quantitative estimate of drug-likeness (QED) is 0.642. The monoisotopic (exact) mass is 299 g/mol. The molecule has 1 N–H and O–H groups in total. The van der Waals surface area contributed by atoms with Crippen molar-refractivity contribution in [2.24, 2.45) is 5.41 Å². The molecule has 1 saturated carbocycles. The molecular formula is C13H14FNO4S. The van der Waals surface area contributed by atoms with Gasteiger partial charge in [-0.15, -0.1) is 11.8 Å². The van der Waals surface area contributed by atoms with Gasteiger partial charge in [-0.05, 0) is 24.3 Å². The lowest BCUT2D eigenvalue weighted by atomic mass is 10.1. The van der Waals surface area contributed by atoms with E-state index >= 15 is 0 Å². The fourth-order valence-corrected chi connectivity index (χ4v) is 3.11. The molecule has 0 spiro atoms. The highest BCUT2D eigenvalue weighted by atomic mass is 32.2. The number of thioether (sulfide) groups is 1. The van der Waals surface area contributed by atoms with Gasteiger partial charge < -0.3 is 9.84 Å². The summed E-state index contributed by atoms with van der Waals surface area (Å²) in [6.07, 6.45) is 3.12. The lowest BCUT2D eigenvalue weighted by Crippen LogP contribution is -2.13. The smallest absolute Gasteiger partial charge is 0.338 e. The van der Waals surface area contributed by atoms with E-state index in [0.717, 1.165) is 25.1 Å². The Kier molecular flexibility index (Phi) is 4.27. The summed E-state index contributed by atoms with van der Waals surface area (Å²) in [5.74, 6) is -1.59. The topological polar surface area (TPSA) is 76.5 Å². The predicted molar refractivity (Wildman–Crippen MR) is 70.2 cm³/mol. The molecule has 0 unspecified atom stereocenters. The summed E-state index contributed by atoms with van der Waals surface area (Å²) < 4.78 is 17.7. The second-order valence-electron chi connectivity index (χ2n) is 4.85. The number of carboxylic acid groups (broad SMARTS) is 1. The molecule has 20 heavy (non-hydrogen) atoms. The highest BCUT2D eigenvalue weighted by molar-refractivity contribution is 7.99. The van der Waals surface area contributed by atoms with Crippen LogP contribution >= 0.6 is 11.8 Å². The van der Waals surface area contributed by atoms with E-state index in [0.29, 0.717) is 12.2 Å². The van der Waals surface area contributed by atoms with Gasteiger partial charge in [-0.2, -0.15) is 0 Å². The Hall–Kier alpha value is -1.63. The van der Waals surface area contributed by atoms with Crippen LogP contribution in [0.4, 0.5) is 4.39 Å². The third kappa shape index (κ3) is 3.47. The Balaban J connectivity index is 2.04. The number of carboxylic acids is 1. The average Bonchev–Trinajstić information content (AvgIpc) is 3.17. The van der Waals surface area contributed by atoms with Crippen molar-refractivity contribution in [2.45, 2.75) is 24.3 Å². The van der Waals surface area contributed by atoms with Crippen molar-refractivity contribution < 1.29 is 23.8 Å². The Morgan fingerprint density at radius 3 is 2.80 bits per heavy atom. The van der Waals surface area contributed by atoms with Crippen LogP contribution in [0, 0.1) is 11.2 Å². The molecule has 5 nitrogen and oxygen atoms in total. The molecule has 1 aliphatic carbocycles.